The van der Waals surface area contributed by atoms with Gasteiger partial charge >= 0.3 is 0 Å². The number of benzene rings is 2. The van der Waals surface area contributed by atoms with E-state index in [-0.39, 0.29) is 48.9 Å². The largest absolute Gasteiger partial charge is 0.394 e. The van der Waals surface area contributed by atoms with Gasteiger partial charge in [0.05, 0.1) is 36.9 Å². The summed E-state index contributed by atoms with van der Waals surface area (Å²) in [5.74, 6) is 0.140. The molecule has 2 aromatic carbocycles. The Morgan fingerprint density at radius 1 is 1.03 bits per heavy atom. The molecule has 0 aromatic heterocycles. The summed E-state index contributed by atoms with van der Waals surface area (Å²) >= 11 is 0. The lowest BCUT2D eigenvalue weighted by Crippen LogP contribution is -2.73. The molecule has 2 saturated heterocycles. The van der Waals surface area contributed by atoms with Crippen molar-refractivity contribution in [2.24, 2.45) is 5.92 Å². The number of amides is 2. The van der Waals surface area contributed by atoms with Gasteiger partial charge in [-0.2, -0.15) is 5.26 Å². The zero-order valence-electron chi connectivity index (χ0n) is 18.0. The van der Waals surface area contributed by atoms with Crippen molar-refractivity contribution in [2.45, 2.75) is 43.7 Å². The third-order valence-electron chi connectivity index (χ3n) is 7.41. The normalized spacial score (nSPS) is 25.2. The molecule has 32 heavy (non-hydrogen) atoms. The Hall–Kier alpha value is -3.17. The van der Waals surface area contributed by atoms with Gasteiger partial charge in [-0.15, -0.1) is 0 Å². The van der Waals surface area contributed by atoms with Crippen molar-refractivity contribution in [1.29, 1.82) is 5.26 Å². The highest BCUT2D eigenvalue weighted by Gasteiger charge is 2.54. The fraction of sp³-hybridized carbons (Fsp3) is 0.423. The SMILES string of the molecule is N#Cc1ccc(-c2ccc([C@H]3[C@@H](CO)N4C(=O)CN(C(=O)C5CCCC5)C[C@@H]34)cc2)cc1. The average molecular weight is 430 g/mol. The van der Waals surface area contributed by atoms with Crippen LogP contribution in [0, 0.1) is 17.2 Å². The van der Waals surface area contributed by atoms with Gasteiger partial charge in [0.1, 0.15) is 0 Å². The second kappa shape index (κ2) is 8.40. The summed E-state index contributed by atoms with van der Waals surface area (Å²) in [6, 6.07) is 17.5. The van der Waals surface area contributed by atoms with E-state index < -0.39 is 0 Å². The highest BCUT2D eigenvalue weighted by atomic mass is 16.3. The molecule has 1 aliphatic carbocycles. The summed E-state index contributed by atoms with van der Waals surface area (Å²) in [4.78, 5) is 29.3. The Bertz CT molecular complexity index is 1050. The number of carbonyl (C=O) groups is 2. The van der Waals surface area contributed by atoms with Gasteiger partial charge in [-0.25, -0.2) is 0 Å². The molecule has 0 radical (unpaired) electrons. The minimum absolute atomic E-state index is 0.0122. The molecule has 2 heterocycles. The molecular formula is C26H27N3O3. The van der Waals surface area contributed by atoms with E-state index in [9.17, 15) is 14.7 Å². The van der Waals surface area contributed by atoms with E-state index in [2.05, 4.69) is 18.2 Å². The highest BCUT2D eigenvalue weighted by Crippen LogP contribution is 2.43. The van der Waals surface area contributed by atoms with Crippen LogP contribution >= 0.6 is 0 Å². The van der Waals surface area contributed by atoms with Crippen molar-refractivity contribution in [1.82, 2.24) is 9.80 Å². The summed E-state index contributed by atoms with van der Waals surface area (Å²) in [6.07, 6.45) is 4.04. The van der Waals surface area contributed by atoms with Gasteiger partial charge in [-0.1, -0.05) is 49.2 Å². The van der Waals surface area contributed by atoms with Gasteiger partial charge in [0.2, 0.25) is 11.8 Å². The Kier molecular flexibility index (Phi) is 5.44. The number of nitrogens with zero attached hydrogens (tertiary/aromatic N) is 3. The fourth-order valence-electron chi connectivity index (χ4n) is 5.73. The fourth-order valence-corrected chi connectivity index (χ4v) is 5.73. The number of aliphatic hydroxyl groups excluding tert-OH is 1. The molecule has 3 fully saturated rings. The van der Waals surface area contributed by atoms with E-state index >= 15 is 0 Å². The topological polar surface area (TPSA) is 84.6 Å². The zero-order valence-corrected chi connectivity index (χ0v) is 18.0. The molecule has 1 saturated carbocycles. The minimum Gasteiger partial charge on any atom is -0.394 e. The first-order valence-corrected chi connectivity index (χ1v) is 11.4. The monoisotopic (exact) mass is 429 g/mol. The van der Waals surface area contributed by atoms with E-state index in [1.165, 1.54) is 0 Å². The van der Waals surface area contributed by atoms with Crippen LogP contribution in [0.25, 0.3) is 11.1 Å². The number of carbonyl (C=O) groups excluding carboxylic acids is 2. The first-order chi connectivity index (χ1) is 15.6. The summed E-state index contributed by atoms with van der Waals surface area (Å²) < 4.78 is 0. The van der Waals surface area contributed by atoms with Gasteiger partial charge in [0.25, 0.3) is 0 Å². The Labute approximate surface area is 188 Å². The first kappa shape index (κ1) is 20.7. The molecule has 3 aliphatic rings. The first-order valence-electron chi connectivity index (χ1n) is 11.4. The van der Waals surface area contributed by atoms with Gasteiger partial charge in [-0.05, 0) is 41.7 Å². The van der Waals surface area contributed by atoms with E-state index in [0.29, 0.717) is 12.1 Å². The third-order valence-corrected chi connectivity index (χ3v) is 7.41. The van der Waals surface area contributed by atoms with Gasteiger partial charge in [0, 0.05) is 18.4 Å². The number of rotatable bonds is 4. The van der Waals surface area contributed by atoms with E-state index in [1.54, 1.807) is 21.9 Å². The zero-order chi connectivity index (χ0) is 22.2. The molecule has 164 valence electrons. The lowest BCUT2D eigenvalue weighted by Gasteiger charge is -2.59. The second-order valence-electron chi connectivity index (χ2n) is 9.16. The van der Waals surface area contributed by atoms with Gasteiger partial charge in [-0.3, -0.25) is 9.59 Å². The van der Waals surface area contributed by atoms with E-state index in [0.717, 1.165) is 42.4 Å². The molecule has 6 heteroatoms. The molecule has 1 N–H and O–H groups in total. The molecule has 0 bridgehead atoms. The molecule has 5 rings (SSSR count). The molecular weight excluding hydrogens is 402 g/mol. The molecule has 2 aliphatic heterocycles. The average Bonchev–Trinajstić information content (AvgIpc) is 3.35. The Morgan fingerprint density at radius 2 is 1.66 bits per heavy atom. The van der Waals surface area contributed by atoms with E-state index in [1.807, 2.05) is 24.3 Å². The molecule has 6 nitrogen and oxygen atoms in total. The van der Waals surface area contributed by atoms with Crippen molar-refractivity contribution in [3.63, 3.8) is 0 Å². The standard InChI is InChI=1S/C26H27N3O3/c27-13-17-5-7-18(8-6-17)19-9-11-20(12-10-19)25-22-14-28(26(32)21-3-1-2-4-21)15-24(31)29(22)23(25)16-30/h5-12,21-23,25,30H,1-4,14-16H2/t22-,23+,25+/m0/s1. The minimum atomic E-state index is -0.239. The number of aliphatic hydroxyl groups is 1. The molecule has 3 atom stereocenters. The van der Waals surface area contributed by atoms with Crippen LogP contribution in [0.5, 0.6) is 0 Å². The highest BCUT2D eigenvalue weighted by molar-refractivity contribution is 5.88. The molecule has 2 amide bonds. The quantitative estimate of drug-likeness (QED) is 0.810. The van der Waals surface area contributed by atoms with Crippen LogP contribution in [0.1, 0.15) is 42.7 Å². The Morgan fingerprint density at radius 3 is 2.25 bits per heavy atom. The molecule has 0 spiro atoms. The summed E-state index contributed by atoms with van der Waals surface area (Å²) in [6.45, 7) is 0.590. The lowest BCUT2D eigenvalue weighted by atomic mass is 9.73. The summed E-state index contributed by atoms with van der Waals surface area (Å²) in [5, 5.41) is 19.0. The summed E-state index contributed by atoms with van der Waals surface area (Å²) in [5.41, 5.74) is 3.79. The van der Waals surface area contributed by atoms with Crippen LogP contribution in [-0.2, 0) is 9.59 Å². The van der Waals surface area contributed by atoms with Crippen molar-refractivity contribution < 1.29 is 14.7 Å². The van der Waals surface area contributed by atoms with Crippen LogP contribution in [0.15, 0.2) is 48.5 Å². The number of fused-ring (bicyclic) bond motifs is 1. The number of hydrogen-bond acceptors (Lipinski definition) is 4. The van der Waals surface area contributed by atoms with E-state index in [4.69, 9.17) is 5.26 Å². The predicted molar refractivity (Wildman–Crippen MR) is 119 cm³/mol. The van der Waals surface area contributed by atoms with Crippen LogP contribution in [0.3, 0.4) is 0 Å². The molecule has 0 unspecified atom stereocenters. The van der Waals surface area contributed by atoms with Crippen LogP contribution in [0.2, 0.25) is 0 Å². The van der Waals surface area contributed by atoms with Crippen LogP contribution in [0.4, 0.5) is 0 Å². The van der Waals surface area contributed by atoms with Crippen LogP contribution in [-0.4, -0.2) is 58.5 Å². The van der Waals surface area contributed by atoms with Crippen molar-refractivity contribution in [3.05, 3.63) is 59.7 Å². The van der Waals surface area contributed by atoms with Gasteiger partial charge < -0.3 is 14.9 Å². The van der Waals surface area contributed by atoms with Crippen LogP contribution < -0.4 is 0 Å². The maximum atomic E-state index is 12.9. The van der Waals surface area contributed by atoms with Crippen molar-refractivity contribution >= 4 is 11.8 Å². The number of piperazine rings is 1. The molecule has 2 aromatic rings. The Balaban J connectivity index is 1.35. The van der Waals surface area contributed by atoms with Crippen molar-refractivity contribution in [2.75, 3.05) is 19.7 Å². The maximum absolute atomic E-state index is 12.9. The smallest absolute Gasteiger partial charge is 0.242 e. The van der Waals surface area contributed by atoms with Crippen molar-refractivity contribution in [3.8, 4) is 17.2 Å². The summed E-state index contributed by atoms with van der Waals surface area (Å²) in [7, 11) is 0. The number of nitriles is 1. The second-order valence-corrected chi connectivity index (χ2v) is 9.16. The number of hydrogen-bond donors (Lipinski definition) is 1. The predicted octanol–water partition coefficient (Wildman–Crippen LogP) is 2.91. The maximum Gasteiger partial charge on any atom is 0.242 e. The van der Waals surface area contributed by atoms with Gasteiger partial charge in [0.15, 0.2) is 0 Å². The third kappa shape index (κ3) is 3.47. The lowest BCUT2D eigenvalue weighted by molar-refractivity contribution is -0.168.